The van der Waals surface area contributed by atoms with Crippen molar-refractivity contribution in [3.8, 4) is 0 Å². The van der Waals surface area contributed by atoms with Gasteiger partial charge in [-0.05, 0) is 37.1 Å². The van der Waals surface area contributed by atoms with E-state index < -0.39 is 0 Å². The SMILES string of the molecule is CCC(CC)CNC(=O)Nc1ccc(C(C)=O)cc1. The fourth-order valence-corrected chi connectivity index (χ4v) is 1.78. The molecule has 0 saturated heterocycles. The lowest BCUT2D eigenvalue weighted by atomic mass is 10.0. The monoisotopic (exact) mass is 262 g/mol. The number of amides is 2. The molecule has 0 radical (unpaired) electrons. The van der Waals surface area contributed by atoms with Crippen molar-refractivity contribution in [2.24, 2.45) is 5.92 Å². The van der Waals surface area contributed by atoms with Crippen LogP contribution >= 0.6 is 0 Å². The number of urea groups is 1. The van der Waals surface area contributed by atoms with E-state index in [2.05, 4.69) is 24.5 Å². The molecule has 1 aromatic carbocycles. The molecular formula is C15H22N2O2. The van der Waals surface area contributed by atoms with Crippen LogP contribution in [-0.4, -0.2) is 18.4 Å². The molecule has 0 fully saturated rings. The average Bonchev–Trinajstić information content (AvgIpc) is 2.40. The lowest BCUT2D eigenvalue weighted by Crippen LogP contribution is -2.32. The Kier molecular flexibility index (Phi) is 6.06. The Morgan fingerprint density at radius 2 is 1.68 bits per heavy atom. The maximum absolute atomic E-state index is 11.7. The molecule has 1 aromatic rings. The number of Topliss-reactive ketones (excluding diaryl/α,β-unsaturated/α-hetero) is 1. The third kappa shape index (κ3) is 5.12. The zero-order valence-corrected chi connectivity index (χ0v) is 11.8. The standard InChI is InChI=1S/C15H22N2O2/c1-4-12(5-2)10-16-15(19)17-14-8-6-13(7-9-14)11(3)18/h6-9,12H,4-5,10H2,1-3H3,(H2,16,17,19). The van der Waals surface area contributed by atoms with Gasteiger partial charge in [-0.1, -0.05) is 26.7 Å². The first-order chi connectivity index (χ1) is 9.06. The number of anilines is 1. The molecule has 0 aliphatic rings. The third-order valence-corrected chi connectivity index (χ3v) is 3.26. The number of carbonyl (C=O) groups excluding carboxylic acids is 2. The van der Waals surface area contributed by atoms with E-state index >= 15 is 0 Å². The van der Waals surface area contributed by atoms with Gasteiger partial charge >= 0.3 is 6.03 Å². The van der Waals surface area contributed by atoms with Crippen molar-refractivity contribution in [3.05, 3.63) is 29.8 Å². The molecule has 2 N–H and O–H groups in total. The Morgan fingerprint density at radius 1 is 1.11 bits per heavy atom. The molecule has 0 aromatic heterocycles. The zero-order valence-electron chi connectivity index (χ0n) is 11.8. The van der Waals surface area contributed by atoms with E-state index in [0.29, 0.717) is 23.7 Å². The second kappa shape index (κ2) is 7.56. The highest BCUT2D eigenvalue weighted by molar-refractivity contribution is 5.95. The molecule has 0 atom stereocenters. The second-order valence-corrected chi connectivity index (χ2v) is 4.65. The highest BCUT2D eigenvalue weighted by atomic mass is 16.2. The Bertz CT molecular complexity index is 422. The number of carbonyl (C=O) groups is 2. The van der Waals surface area contributed by atoms with Gasteiger partial charge in [0.2, 0.25) is 0 Å². The lowest BCUT2D eigenvalue weighted by molar-refractivity contribution is 0.101. The normalized spacial score (nSPS) is 10.3. The van der Waals surface area contributed by atoms with E-state index in [1.165, 1.54) is 6.92 Å². The fraction of sp³-hybridized carbons (Fsp3) is 0.467. The number of hydrogen-bond donors (Lipinski definition) is 2. The summed E-state index contributed by atoms with van der Waals surface area (Å²) in [5.41, 5.74) is 1.33. The average molecular weight is 262 g/mol. The summed E-state index contributed by atoms with van der Waals surface area (Å²) < 4.78 is 0. The van der Waals surface area contributed by atoms with Crippen molar-refractivity contribution in [3.63, 3.8) is 0 Å². The van der Waals surface area contributed by atoms with Crippen LogP contribution in [0.2, 0.25) is 0 Å². The van der Waals surface area contributed by atoms with E-state index in [4.69, 9.17) is 0 Å². The topological polar surface area (TPSA) is 58.2 Å². The number of benzene rings is 1. The van der Waals surface area contributed by atoms with E-state index in [9.17, 15) is 9.59 Å². The van der Waals surface area contributed by atoms with E-state index in [1.807, 2.05) is 0 Å². The molecule has 19 heavy (non-hydrogen) atoms. The Hall–Kier alpha value is -1.84. The first-order valence-corrected chi connectivity index (χ1v) is 6.72. The maximum Gasteiger partial charge on any atom is 0.319 e. The highest BCUT2D eigenvalue weighted by Crippen LogP contribution is 2.10. The van der Waals surface area contributed by atoms with E-state index in [0.717, 1.165) is 12.8 Å². The molecule has 1 rings (SSSR count). The number of ketones is 1. The number of nitrogens with one attached hydrogen (secondary N) is 2. The summed E-state index contributed by atoms with van der Waals surface area (Å²) in [4.78, 5) is 22.8. The molecule has 0 aliphatic carbocycles. The smallest absolute Gasteiger partial charge is 0.319 e. The van der Waals surface area contributed by atoms with Crippen LogP contribution in [0, 0.1) is 5.92 Å². The second-order valence-electron chi connectivity index (χ2n) is 4.65. The van der Waals surface area contributed by atoms with Gasteiger partial charge in [0.25, 0.3) is 0 Å². The predicted molar refractivity (Wildman–Crippen MR) is 77.5 cm³/mol. The Morgan fingerprint density at radius 3 is 2.16 bits per heavy atom. The maximum atomic E-state index is 11.7. The van der Waals surface area contributed by atoms with Gasteiger partial charge in [0.05, 0.1) is 0 Å². The molecular weight excluding hydrogens is 240 g/mol. The van der Waals surface area contributed by atoms with Gasteiger partial charge in [-0.25, -0.2) is 4.79 Å². The van der Waals surface area contributed by atoms with Gasteiger partial charge in [0.1, 0.15) is 0 Å². The van der Waals surface area contributed by atoms with Crippen LogP contribution in [0.1, 0.15) is 44.0 Å². The van der Waals surface area contributed by atoms with Crippen LogP contribution in [0.25, 0.3) is 0 Å². The quantitative estimate of drug-likeness (QED) is 0.771. The Labute approximate surface area is 114 Å². The van der Waals surface area contributed by atoms with Gasteiger partial charge in [-0.3, -0.25) is 4.79 Å². The van der Waals surface area contributed by atoms with Gasteiger partial charge in [-0.2, -0.15) is 0 Å². The van der Waals surface area contributed by atoms with Crippen LogP contribution in [0.15, 0.2) is 24.3 Å². The third-order valence-electron chi connectivity index (χ3n) is 3.26. The van der Waals surface area contributed by atoms with Crippen molar-refractivity contribution in [1.29, 1.82) is 0 Å². The first-order valence-electron chi connectivity index (χ1n) is 6.72. The van der Waals surface area contributed by atoms with Crippen molar-refractivity contribution in [2.75, 3.05) is 11.9 Å². The molecule has 0 unspecified atom stereocenters. The van der Waals surface area contributed by atoms with Crippen LogP contribution in [0.5, 0.6) is 0 Å². The summed E-state index contributed by atoms with van der Waals surface area (Å²) in [6, 6.07) is 6.67. The van der Waals surface area contributed by atoms with Crippen LogP contribution in [-0.2, 0) is 0 Å². The molecule has 0 heterocycles. The largest absolute Gasteiger partial charge is 0.338 e. The molecule has 0 aliphatic heterocycles. The minimum absolute atomic E-state index is 0.0183. The predicted octanol–water partition coefficient (Wildman–Crippen LogP) is 3.45. The molecule has 0 bridgehead atoms. The molecule has 4 heteroatoms. The van der Waals surface area contributed by atoms with Crippen molar-refractivity contribution in [1.82, 2.24) is 5.32 Å². The molecule has 2 amide bonds. The van der Waals surface area contributed by atoms with Crippen LogP contribution < -0.4 is 10.6 Å². The molecule has 0 saturated carbocycles. The fourth-order valence-electron chi connectivity index (χ4n) is 1.78. The highest BCUT2D eigenvalue weighted by Gasteiger charge is 2.06. The van der Waals surface area contributed by atoms with Crippen LogP contribution in [0.4, 0.5) is 10.5 Å². The summed E-state index contributed by atoms with van der Waals surface area (Å²) in [6.07, 6.45) is 2.12. The van der Waals surface area contributed by atoms with Gasteiger partial charge in [0.15, 0.2) is 5.78 Å². The summed E-state index contributed by atoms with van der Waals surface area (Å²) >= 11 is 0. The van der Waals surface area contributed by atoms with E-state index in [1.54, 1.807) is 24.3 Å². The summed E-state index contributed by atoms with van der Waals surface area (Å²) in [5.74, 6) is 0.538. The Balaban J connectivity index is 2.46. The van der Waals surface area contributed by atoms with Gasteiger partial charge in [0, 0.05) is 17.8 Å². The number of hydrogen-bond acceptors (Lipinski definition) is 2. The molecule has 4 nitrogen and oxygen atoms in total. The van der Waals surface area contributed by atoms with Crippen molar-refractivity contribution < 1.29 is 9.59 Å². The molecule has 104 valence electrons. The zero-order chi connectivity index (χ0) is 14.3. The minimum atomic E-state index is -0.206. The summed E-state index contributed by atoms with van der Waals surface area (Å²) in [6.45, 7) is 6.44. The minimum Gasteiger partial charge on any atom is -0.338 e. The van der Waals surface area contributed by atoms with E-state index in [-0.39, 0.29) is 11.8 Å². The summed E-state index contributed by atoms with van der Waals surface area (Å²) in [5, 5.41) is 5.60. The van der Waals surface area contributed by atoms with Crippen LogP contribution in [0.3, 0.4) is 0 Å². The van der Waals surface area contributed by atoms with Crippen molar-refractivity contribution >= 4 is 17.5 Å². The van der Waals surface area contributed by atoms with Crippen molar-refractivity contribution in [2.45, 2.75) is 33.6 Å². The molecule has 0 spiro atoms. The van der Waals surface area contributed by atoms with Gasteiger partial charge in [-0.15, -0.1) is 0 Å². The van der Waals surface area contributed by atoms with Gasteiger partial charge < -0.3 is 10.6 Å². The summed E-state index contributed by atoms with van der Waals surface area (Å²) in [7, 11) is 0. The number of rotatable bonds is 6. The lowest BCUT2D eigenvalue weighted by Gasteiger charge is -2.13. The first kappa shape index (κ1) is 15.2.